The lowest BCUT2D eigenvalue weighted by Crippen LogP contribution is -2.61. The second-order valence-corrected chi connectivity index (χ2v) is 26.7. The molecule has 8 N–H and O–H groups in total. The molecule has 1 saturated heterocycles. The van der Waals surface area contributed by atoms with Crippen LogP contribution >= 0.6 is 23.1 Å². The average Bonchev–Trinajstić information content (AvgIpc) is 0.908. The number of amides is 10. The van der Waals surface area contributed by atoms with Crippen molar-refractivity contribution in [2.75, 3.05) is 66.4 Å². The maximum atomic E-state index is 15.0. The molecule has 27 nitrogen and oxygen atoms in total. The highest BCUT2D eigenvalue weighted by atomic mass is 32.2. The number of hydrogen-bond donors (Lipinski definition) is 8. The second-order valence-electron chi connectivity index (χ2n) is 24.7. The molecule has 0 saturated carbocycles. The van der Waals surface area contributed by atoms with Gasteiger partial charge < -0.3 is 50.8 Å². The molecule has 0 aliphatic carbocycles. The number of benzene rings is 1. The highest BCUT2D eigenvalue weighted by molar-refractivity contribution is 8.00. The van der Waals surface area contributed by atoms with Gasteiger partial charge in [-0.15, -0.1) is 11.3 Å². The Morgan fingerprint density at radius 2 is 1.53 bits per heavy atom. The van der Waals surface area contributed by atoms with Crippen molar-refractivity contribution in [3.8, 4) is 0 Å². The zero-order valence-electron chi connectivity index (χ0n) is 57.3. The lowest BCUT2D eigenvalue weighted by Gasteiger charge is -2.40. The number of aromatic nitrogens is 1. The minimum absolute atomic E-state index is 0.0113. The van der Waals surface area contributed by atoms with Crippen molar-refractivity contribution in [2.24, 2.45) is 17.8 Å². The number of hydrogen-bond acceptors (Lipinski definition) is 19. The molecule has 3 rings (SSSR count). The first-order chi connectivity index (χ1) is 44.4. The van der Waals surface area contributed by atoms with Gasteiger partial charge in [0.15, 0.2) is 6.10 Å². The zero-order chi connectivity index (χ0) is 70.4. The summed E-state index contributed by atoms with van der Waals surface area (Å²) in [6, 6.07) is 3.25. The van der Waals surface area contributed by atoms with Crippen molar-refractivity contribution >= 4 is 94.1 Å². The van der Waals surface area contributed by atoms with Gasteiger partial charge in [0.2, 0.25) is 47.3 Å². The number of thiazole rings is 1. The highest BCUT2D eigenvalue weighted by Gasteiger charge is 2.41. The lowest BCUT2D eigenvalue weighted by atomic mass is 9.91. The summed E-state index contributed by atoms with van der Waals surface area (Å²) < 4.78 is 16.2. The average molecular weight is 1360 g/mol. The molecular weight excluding hydrogens is 1250 g/mol. The summed E-state index contributed by atoms with van der Waals surface area (Å²) in [5.74, 6) is -7.85. The molecule has 94 heavy (non-hydrogen) atoms. The number of carboxylic acid groups (broad SMARTS) is 1. The number of carbonyl (C=O) groups is 12. The SMILES string of the molecule is CCC(C)[C@H](NC(=O)C(C)(C)N(C)CCC(=O)NC(CCCCNC(=O)CCOCCOC)C(=O)NC(C)C(=O)NNC(=O)CCCN1C(=O)CC(SC)C1=O)C(=O)N(CC)[C@H](C[C@@H](OC(C)=O)c1nc(C(=O)N[C@@H](Cc2ccc(C)cc2)CC(C)C(=O)O)cs1)C(C)C. The van der Waals surface area contributed by atoms with Crippen molar-refractivity contribution in [1.29, 1.82) is 0 Å². The summed E-state index contributed by atoms with van der Waals surface area (Å²) >= 11 is 2.39. The van der Waals surface area contributed by atoms with E-state index in [2.05, 4.69) is 42.4 Å². The van der Waals surface area contributed by atoms with E-state index < -0.39 is 100 Å². The van der Waals surface area contributed by atoms with Crippen LogP contribution in [0.15, 0.2) is 29.6 Å². The fourth-order valence-corrected chi connectivity index (χ4v) is 11.7. The van der Waals surface area contributed by atoms with Gasteiger partial charge in [-0.1, -0.05) is 70.9 Å². The number of methoxy groups -OCH3 is 1. The number of thioether (sulfide) groups is 1. The summed E-state index contributed by atoms with van der Waals surface area (Å²) in [6.45, 7) is 20.4. The molecular formula is C65H103N11O16S2. The molecule has 1 aromatic carbocycles. The quantitative estimate of drug-likeness (QED) is 0.0200. The Hall–Kier alpha value is -7.08. The molecule has 2 aromatic rings. The van der Waals surface area contributed by atoms with E-state index in [-0.39, 0.29) is 125 Å². The van der Waals surface area contributed by atoms with Crippen molar-refractivity contribution < 1.29 is 76.9 Å². The van der Waals surface area contributed by atoms with Gasteiger partial charge in [-0.05, 0) is 104 Å². The third kappa shape index (κ3) is 27.0. The predicted octanol–water partition coefficient (Wildman–Crippen LogP) is 4.15. The van der Waals surface area contributed by atoms with Crippen molar-refractivity contribution in [2.45, 2.75) is 200 Å². The Labute approximate surface area is 561 Å². The number of aryl methyl sites for hydroxylation is 1. The smallest absolute Gasteiger partial charge is 0.306 e. The topological polar surface area (TPSA) is 360 Å². The molecule has 29 heteroatoms. The number of nitrogens with zero attached hydrogens (tertiary/aromatic N) is 4. The van der Waals surface area contributed by atoms with E-state index in [0.717, 1.165) is 27.4 Å². The van der Waals surface area contributed by atoms with Crippen LogP contribution in [0, 0.1) is 24.7 Å². The third-order valence-corrected chi connectivity index (χ3v) is 18.6. The van der Waals surface area contributed by atoms with Gasteiger partial charge in [-0.3, -0.25) is 78.2 Å². The zero-order valence-corrected chi connectivity index (χ0v) is 58.9. The van der Waals surface area contributed by atoms with Gasteiger partial charge in [-0.25, -0.2) is 4.98 Å². The number of rotatable bonds is 43. The van der Waals surface area contributed by atoms with Gasteiger partial charge in [-0.2, -0.15) is 11.8 Å². The maximum absolute atomic E-state index is 15.0. The summed E-state index contributed by atoms with van der Waals surface area (Å²) in [4.78, 5) is 168. The van der Waals surface area contributed by atoms with Crippen LogP contribution in [0.25, 0.3) is 0 Å². The predicted molar refractivity (Wildman–Crippen MR) is 355 cm³/mol. The number of carbonyl (C=O) groups excluding carboxylic acids is 11. The van der Waals surface area contributed by atoms with E-state index in [1.165, 1.54) is 25.6 Å². The van der Waals surface area contributed by atoms with E-state index in [1.54, 1.807) is 56.4 Å². The molecule has 0 radical (unpaired) electrons. The molecule has 1 aliphatic rings. The Bertz CT molecular complexity index is 2860. The number of likely N-dealkylation sites (tertiary alicyclic amines) is 1. The monoisotopic (exact) mass is 1360 g/mol. The van der Waals surface area contributed by atoms with Gasteiger partial charge in [0.25, 0.3) is 11.8 Å². The highest BCUT2D eigenvalue weighted by Crippen LogP contribution is 2.32. The van der Waals surface area contributed by atoms with Crippen molar-refractivity contribution in [3.63, 3.8) is 0 Å². The Kier molecular flexibility index (Phi) is 35.4. The molecule has 0 spiro atoms. The number of hydrazine groups is 1. The van der Waals surface area contributed by atoms with Crippen LogP contribution in [0.5, 0.6) is 0 Å². The van der Waals surface area contributed by atoms with Crippen LogP contribution < -0.4 is 37.4 Å². The largest absolute Gasteiger partial charge is 0.481 e. The minimum Gasteiger partial charge on any atom is -0.481 e. The molecule has 10 amide bonds. The number of ether oxygens (including phenoxy) is 3. The Morgan fingerprint density at radius 1 is 0.840 bits per heavy atom. The first-order valence-corrected chi connectivity index (χ1v) is 34.5. The van der Waals surface area contributed by atoms with E-state index in [4.69, 9.17) is 14.2 Å². The molecule has 2 heterocycles. The molecule has 1 aliphatic heterocycles. The van der Waals surface area contributed by atoms with Gasteiger partial charge in [0.05, 0.1) is 36.5 Å². The standard InChI is InChI=1S/C65H103N11O16S2/c1-15-41(6)56(62(86)75(16-2)49(39(3)4)36-50(92-44(9)77)60-70-48(38-94-60)59(84)68-46(34-42(7)63(87)88)35-45-24-22-40(5)23-25-45)71-64(89)65(10,11)74(12)30-26-53(79)69-47(20-17-18-28-66-52(78)27-31-91-33-32-90-13)58(83)67-43(8)57(82)73-72-54(80)21-19-29-76-55(81)37-51(93-14)61(76)85/h22-25,38-39,41-43,46-47,49-51,56H,15-21,26-37H2,1-14H3,(H,66,78)(H,67,83)(H,68,84)(H,69,79)(H,71,89)(H,72,80)(H,73,82)(H,87,88)/t41?,42?,43?,46-,47?,49-,50-,51?,56+/m1/s1. The number of aliphatic carboxylic acids is 1. The number of unbranched alkanes of at least 4 members (excludes halogenated alkanes) is 1. The van der Waals surface area contributed by atoms with Gasteiger partial charge in [0.1, 0.15) is 28.8 Å². The summed E-state index contributed by atoms with van der Waals surface area (Å²) in [6.07, 6.45) is 2.85. The van der Waals surface area contributed by atoms with E-state index in [1.807, 2.05) is 65.8 Å². The van der Waals surface area contributed by atoms with E-state index >= 15 is 4.79 Å². The maximum Gasteiger partial charge on any atom is 0.306 e. The van der Waals surface area contributed by atoms with Crippen LogP contribution in [-0.4, -0.2) is 203 Å². The number of carboxylic acids is 1. The fourth-order valence-electron chi connectivity index (χ4n) is 10.2. The number of imide groups is 1. The normalized spacial score (nSPS) is 15.8. The minimum atomic E-state index is -1.32. The summed E-state index contributed by atoms with van der Waals surface area (Å²) in [7, 11) is 3.19. The first-order valence-electron chi connectivity index (χ1n) is 32.3. The molecule has 1 fully saturated rings. The lowest BCUT2D eigenvalue weighted by molar-refractivity contribution is -0.150. The van der Waals surface area contributed by atoms with Crippen LogP contribution in [-0.2, 0) is 73.4 Å². The van der Waals surface area contributed by atoms with Crippen LogP contribution in [0.3, 0.4) is 0 Å². The van der Waals surface area contributed by atoms with Gasteiger partial charge in [0, 0.05) is 89.8 Å². The summed E-state index contributed by atoms with van der Waals surface area (Å²) in [5, 5.41) is 25.3. The third-order valence-electron chi connectivity index (χ3n) is 16.7. The number of likely N-dealkylation sites (N-methyl/N-ethyl adjacent to an activating group) is 2. The molecule has 1 aromatic heterocycles. The molecule has 9 atom stereocenters. The van der Waals surface area contributed by atoms with E-state index in [0.29, 0.717) is 43.9 Å². The summed E-state index contributed by atoms with van der Waals surface area (Å²) in [5.41, 5.74) is 5.25. The van der Waals surface area contributed by atoms with Crippen LogP contribution in [0.4, 0.5) is 0 Å². The first kappa shape index (κ1) is 81.2. The van der Waals surface area contributed by atoms with Crippen molar-refractivity contribution in [3.05, 3.63) is 51.5 Å². The fraction of sp³-hybridized carbons (Fsp3) is 0.677. The number of esters is 1. The van der Waals surface area contributed by atoms with Crippen LogP contribution in [0.1, 0.15) is 173 Å². The second kappa shape index (κ2) is 41.0. The number of nitrogens with one attached hydrogen (secondary N) is 7. The molecule has 526 valence electrons. The van der Waals surface area contributed by atoms with Crippen LogP contribution in [0.2, 0.25) is 0 Å². The van der Waals surface area contributed by atoms with Gasteiger partial charge >= 0.3 is 11.9 Å². The Balaban J connectivity index is 1.73. The Morgan fingerprint density at radius 3 is 2.14 bits per heavy atom. The van der Waals surface area contributed by atoms with Crippen molar-refractivity contribution in [1.82, 2.24) is 57.1 Å². The molecule has 5 unspecified atom stereocenters. The van der Waals surface area contributed by atoms with E-state index in [9.17, 15) is 57.8 Å². The molecule has 0 bridgehead atoms.